The van der Waals surface area contributed by atoms with Crippen LogP contribution < -0.4 is 10.1 Å². The second-order valence-corrected chi connectivity index (χ2v) is 4.48. The minimum absolute atomic E-state index is 0.621. The molecule has 3 aromatic rings. The lowest BCUT2D eigenvalue weighted by atomic mass is 10.1. The number of pyridine rings is 1. The molecule has 0 atom stereocenters. The summed E-state index contributed by atoms with van der Waals surface area (Å²) in [6.45, 7) is 2.59. The van der Waals surface area contributed by atoms with E-state index in [2.05, 4.69) is 16.4 Å². The Morgan fingerprint density at radius 2 is 1.85 bits per heavy atom. The Labute approximate surface area is 118 Å². The lowest BCUT2D eigenvalue weighted by Gasteiger charge is -2.09. The number of nitrogens with one attached hydrogen (secondary N) is 1. The second kappa shape index (κ2) is 5.61. The summed E-state index contributed by atoms with van der Waals surface area (Å²) in [5.41, 5.74) is 2.13. The molecule has 0 spiro atoms. The van der Waals surface area contributed by atoms with Gasteiger partial charge in [0.05, 0.1) is 6.61 Å². The van der Waals surface area contributed by atoms with Crippen molar-refractivity contribution in [3.8, 4) is 5.88 Å². The van der Waals surface area contributed by atoms with E-state index in [0.717, 1.165) is 22.1 Å². The van der Waals surface area contributed by atoms with Gasteiger partial charge in [0, 0.05) is 23.0 Å². The van der Waals surface area contributed by atoms with Gasteiger partial charge < -0.3 is 10.1 Å². The summed E-state index contributed by atoms with van der Waals surface area (Å²) in [7, 11) is 0. The van der Waals surface area contributed by atoms with E-state index in [1.165, 1.54) is 0 Å². The van der Waals surface area contributed by atoms with Crippen molar-refractivity contribution in [2.45, 2.75) is 6.92 Å². The summed E-state index contributed by atoms with van der Waals surface area (Å²) in [5, 5.41) is 5.54. The molecule has 0 aliphatic heterocycles. The smallest absolute Gasteiger partial charge is 0.221 e. The van der Waals surface area contributed by atoms with Gasteiger partial charge in [0.15, 0.2) is 0 Å². The SMILES string of the molecule is CCOc1nccc2cc(Nc3ccccc3)ccc12. The first-order valence-electron chi connectivity index (χ1n) is 6.70. The third kappa shape index (κ3) is 2.57. The van der Waals surface area contributed by atoms with Gasteiger partial charge in [0.1, 0.15) is 0 Å². The number of hydrogen-bond acceptors (Lipinski definition) is 3. The maximum Gasteiger partial charge on any atom is 0.221 e. The highest BCUT2D eigenvalue weighted by Crippen LogP contribution is 2.27. The highest BCUT2D eigenvalue weighted by Gasteiger charge is 2.04. The van der Waals surface area contributed by atoms with Gasteiger partial charge in [-0.15, -0.1) is 0 Å². The van der Waals surface area contributed by atoms with E-state index in [4.69, 9.17) is 4.74 Å². The average Bonchev–Trinajstić information content (AvgIpc) is 2.49. The highest BCUT2D eigenvalue weighted by molar-refractivity contribution is 5.90. The zero-order valence-corrected chi connectivity index (χ0v) is 11.3. The predicted octanol–water partition coefficient (Wildman–Crippen LogP) is 4.38. The molecule has 20 heavy (non-hydrogen) atoms. The fraction of sp³-hybridized carbons (Fsp3) is 0.118. The molecule has 3 nitrogen and oxygen atoms in total. The highest BCUT2D eigenvalue weighted by atomic mass is 16.5. The van der Waals surface area contributed by atoms with Gasteiger partial charge in [0.25, 0.3) is 0 Å². The number of hydrogen-bond donors (Lipinski definition) is 1. The molecule has 3 rings (SSSR count). The van der Waals surface area contributed by atoms with Crippen LogP contribution in [0.1, 0.15) is 6.92 Å². The van der Waals surface area contributed by atoms with Crippen LogP contribution in [0.2, 0.25) is 0 Å². The molecule has 2 aromatic carbocycles. The predicted molar refractivity (Wildman–Crippen MR) is 82.6 cm³/mol. The van der Waals surface area contributed by atoms with Gasteiger partial charge in [-0.25, -0.2) is 4.98 Å². The minimum Gasteiger partial charge on any atom is -0.478 e. The first-order valence-corrected chi connectivity index (χ1v) is 6.70. The Morgan fingerprint density at radius 3 is 2.65 bits per heavy atom. The zero-order chi connectivity index (χ0) is 13.8. The van der Waals surface area contributed by atoms with E-state index >= 15 is 0 Å². The third-order valence-electron chi connectivity index (χ3n) is 3.07. The summed E-state index contributed by atoms with van der Waals surface area (Å²) in [6, 6.07) is 18.3. The molecule has 0 saturated carbocycles. The molecule has 0 aliphatic rings. The number of ether oxygens (including phenoxy) is 1. The van der Waals surface area contributed by atoms with E-state index in [-0.39, 0.29) is 0 Å². The Balaban J connectivity index is 1.95. The molecule has 0 amide bonds. The number of anilines is 2. The summed E-state index contributed by atoms with van der Waals surface area (Å²) < 4.78 is 5.55. The van der Waals surface area contributed by atoms with Crippen molar-refractivity contribution in [1.82, 2.24) is 4.98 Å². The van der Waals surface area contributed by atoms with Gasteiger partial charge in [-0.1, -0.05) is 18.2 Å². The van der Waals surface area contributed by atoms with Gasteiger partial charge in [-0.3, -0.25) is 0 Å². The minimum atomic E-state index is 0.621. The van der Waals surface area contributed by atoms with E-state index < -0.39 is 0 Å². The van der Waals surface area contributed by atoms with Crippen LogP contribution in [0.4, 0.5) is 11.4 Å². The lowest BCUT2D eigenvalue weighted by Crippen LogP contribution is -1.95. The molecular weight excluding hydrogens is 248 g/mol. The zero-order valence-electron chi connectivity index (χ0n) is 11.3. The Hall–Kier alpha value is -2.55. The number of aromatic nitrogens is 1. The first-order chi connectivity index (χ1) is 9.86. The van der Waals surface area contributed by atoms with Crippen molar-refractivity contribution < 1.29 is 4.74 Å². The molecule has 100 valence electrons. The number of nitrogens with zero attached hydrogens (tertiary/aromatic N) is 1. The maximum atomic E-state index is 5.55. The Morgan fingerprint density at radius 1 is 1.00 bits per heavy atom. The quantitative estimate of drug-likeness (QED) is 0.759. The lowest BCUT2D eigenvalue weighted by molar-refractivity contribution is 0.331. The number of fused-ring (bicyclic) bond motifs is 1. The fourth-order valence-corrected chi connectivity index (χ4v) is 2.17. The molecular formula is C17H16N2O. The van der Waals surface area contributed by atoms with Crippen LogP contribution >= 0.6 is 0 Å². The van der Waals surface area contributed by atoms with Crippen LogP contribution in [0.3, 0.4) is 0 Å². The van der Waals surface area contributed by atoms with Crippen molar-refractivity contribution in [2.24, 2.45) is 0 Å². The van der Waals surface area contributed by atoms with E-state index in [9.17, 15) is 0 Å². The van der Waals surface area contributed by atoms with Gasteiger partial charge >= 0.3 is 0 Å². The summed E-state index contributed by atoms with van der Waals surface area (Å²) in [5.74, 6) is 0.691. The number of benzene rings is 2. The molecule has 3 heteroatoms. The fourth-order valence-electron chi connectivity index (χ4n) is 2.17. The molecule has 0 bridgehead atoms. The molecule has 0 unspecified atom stereocenters. The summed E-state index contributed by atoms with van der Waals surface area (Å²) >= 11 is 0. The summed E-state index contributed by atoms with van der Waals surface area (Å²) in [4.78, 5) is 4.27. The first kappa shape index (κ1) is 12.5. The van der Waals surface area contributed by atoms with Gasteiger partial charge in [-0.05, 0) is 48.7 Å². The Kier molecular flexibility index (Phi) is 3.50. The van der Waals surface area contributed by atoms with Crippen LogP contribution in [-0.4, -0.2) is 11.6 Å². The van der Waals surface area contributed by atoms with Gasteiger partial charge in [-0.2, -0.15) is 0 Å². The second-order valence-electron chi connectivity index (χ2n) is 4.48. The van der Waals surface area contributed by atoms with Crippen LogP contribution in [0.5, 0.6) is 5.88 Å². The molecule has 0 saturated heterocycles. The molecule has 1 aromatic heterocycles. The standard InChI is InChI=1S/C17H16N2O/c1-2-20-17-16-9-8-15(12-13(16)10-11-18-17)19-14-6-4-3-5-7-14/h3-12,19H,2H2,1H3. The van der Waals surface area contributed by atoms with Crippen LogP contribution in [0, 0.1) is 0 Å². The molecule has 0 fully saturated rings. The van der Waals surface area contributed by atoms with E-state index in [0.29, 0.717) is 12.5 Å². The number of para-hydroxylation sites is 1. The van der Waals surface area contributed by atoms with Crippen LogP contribution in [0.15, 0.2) is 60.8 Å². The number of rotatable bonds is 4. The largest absolute Gasteiger partial charge is 0.478 e. The topological polar surface area (TPSA) is 34.1 Å². The van der Waals surface area contributed by atoms with Crippen molar-refractivity contribution in [2.75, 3.05) is 11.9 Å². The molecule has 0 radical (unpaired) electrons. The third-order valence-corrected chi connectivity index (χ3v) is 3.07. The molecule has 1 N–H and O–H groups in total. The Bertz CT molecular complexity index is 711. The van der Waals surface area contributed by atoms with E-state index in [1.807, 2.05) is 55.5 Å². The van der Waals surface area contributed by atoms with Crippen molar-refractivity contribution in [3.05, 3.63) is 60.8 Å². The van der Waals surface area contributed by atoms with Crippen molar-refractivity contribution in [1.29, 1.82) is 0 Å². The normalized spacial score (nSPS) is 10.4. The maximum absolute atomic E-state index is 5.55. The molecule has 1 heterocycles. The summed E-state index contributed by atoms with van der Waals surface area (Å²) in [6.07, 6.45) is 1.78. The van der Waals surface area contributed by atoms with Crippen molar-refractivity contribution in [3.63, 3.8) is 0 Å². The van der Waals surface area contributed by atoms with Gasteiger partial charge in [0.2, 0.25) is 5.88 Å². The van der Waals surface area contributed by atoms with Crippen LogP contribution in [0.25, 0.3) is 10.8 Å². The molecule has 0 aliphatic carbocycles. The van der Waals surface area contributed by atoms with Crippen molar-refractivity contribution >= 4 is 22.1 Å². The monoisotopic (exact) mass is 264 g/mol. The van der Waals surface area contributed by atoms with E-state index in [1.54, 1.807) is 6.20 Å². The van der Waals surface area contributed by atoms with Crippen LogP contribution in [-0.2, 0) is 0 Å². The average molecular weight is 264 g/mol.